The van der Waals surface area contributed by atoms with Gasteiger partial charge >= 0.3 is 11.9 Å². The number of ketones is 1. The predicted molar refractivity (Wildman–Crippen MR) is 58.4 cm³/mol. The molecule has 0 aliphatic heterocycles. The van der Waals surface area contributed by atoms with Gasteiger partial charge in [-0.25, -0.2) is 0 Å². The molecule has 3 N–H and O–H groups in total. The molecule has 0 amide bonds. The highest BCUT2D eigenvalue weighted by Crippen LogP contribution is 2.15. The van der Waals surface area contributed by atoms with Crippen LogP contribution < -0.4 is 0 Å². The topological polar surface area (TPSA) is 112 Å². The quantitative estimate of drug-likeness (QED) is 0.534. The van der Waals surface area contributed by atoms with Crippen LogP contribution in [0.15, 0.2) is 12.2 Å². The van der Waals surface area contributed by atoms with E-state index in [-0.39, 0.29) is 18.4 Å². The lowest BCUT2D eigenvalue weighted by atomic mass is 9.95. The number of carboxylic acids is 2. The smallest absolute Gasteiger partial charge is 0.307 e. The molecule has 0 rings (SSSR count). The molecule has 2 atom stereocenters. The highest BCUT2D eigenvalue weighted by molar-refractivity contribution is 5.97. The molecular formula is C11H16O6. The maximum absolute atomic E-state index is 11.2. The van der Waals surface area contributed by atoms with Crippen LogP contribution in [0.4, 0.5) is 0 Å². The highest BCUT2D eigenvalue weighted by Gasteiger charge is 2.24. The molecule has 0 bridgehead atoms. The minimum absolute atomic E-state index is 0.0676. The number of aliphatic hydroxyl groups excluding tert-OH is 1. The zero-order valence-electron chi connectivity index (χ0n) is 9.55. The van der Waals surface area contributed by atoms with E-state index in [0.717, 1.165) is 0 Å². The van der Waals surface area contributed by atoms with Gasteiger partial charge in [-0.1, -0.05) is 6.58 Å². The lowest BCUT2D eigenvalue weighted by Crippen LogP contribution is -2.24. The summed E-state index contributed by atoms with van der Waals surface area (Å²) in [5.41, 5.74) is 0.183. The van der Waals surface area contributed by atoms with Gasteiger partial charge in [0.1, 0.15) is 6.10 Å². The van der Waals surface area contributed by atoms with Gasteiger partial charge in [0.2, 0.25) is 0 Å². The monoisotopic (exact) mass is 244 g/mol. The van der Waals surface area contributed by atoms with Gasteiger partial charge in [0, 0.05) is 0 Å². The van der Waals surface area contributed by atoms with Crippen LogP contribution in [0.2, 0.25) is 0 Å². The molecule has 6 heteroatoms. The van der Waals surface area contributed by atoms with Crippen molar-refractivity contribution in [3.63, 3.8) is 0 Å². The molecule has 0 aliphatic rings. The highest BCUT2D eigenvalue weighted by atomic mass is 16.4. The first-order chi connectivity index (χ1) is 7.75. The predicted octanol–water partition coefficient (Wildman–Crippen LogP) is 0.448. The molecule has 0 aromatic heterocycles. The van der Waals surface area contributed by atoms with Crippen LogP contribution in [0.5, 0.6) is 0 Å². The van der Waals surface area contributed by atoms with E-state index in [9.17, 15) is 19.5 Å². The number of carboxylic acid groups (broad SMARTS) is 2. The molecule has 0 aromatic rings. The van der Waals surface area contributed by atoms with Gasteiger partial charge in [0.05, 0.1) is 12.3 Å². The second-order valence-corrected chi connectivity index (χ2v) is 3.87. The van der Waals surface area contributed by atoms with Crippen molar-refractivity contribution < 1.29 is 29.7 Å². The van der Waals surface area contributed by atoms with Gasteiger partial charge < -0.3 is 15.3 Å². The van der Waals surface area contributed by atoms with Crippen molar-refractivity contribution in [2.75, 3.05) is 0 Å². The number of hydrogen-bond donors (Lipinski definition) is 3. The largest absolute Gasteiger partial charge is 0.481 e. The van der Waals surface area contributed by atoms with Crippen molar-refractivity contribution >= 4 is 17.7 Å². The van der Waals surface area contributed by atoms with Crippen LogP contribution >= 0.6 is 0 Å². The zero-order valence-corrected chi connectivity index (χ0v) is 9.55. The SMILES string of the molecule is C=C(C)C(=O)C(O)CCC(CC(=O)O)C(=O)O. The minimum atomic E-state index is -1.32. The molecule has 2 unspecified atom stereocenters. The molecule has 96 valence electrons. The van der Waals surface area contributed by atoms with E-state index in [0.29, 0.717) is 0 Å². The molecule has 0 aromatic carbocycles. The van der Waals surface area contributed by atoms with Gasteiger partial charge in [-0.05, 0) is 25.3 Å². The summed E-state index contributed by atoms with van der Waals surface area (Å²) in [6.45, 7) is 4.81. The van der Waals surface area contributed by atoms with Gasteiger partial charge in [-0.15, -0.1) is 0 Å². The molecule has 0 fully saturated rings. The number of Topliss-reactive ketones (excluding diaryl/α,β-unsaturated/α-hetero) is 1. The van der Waals surface area contributed by atoms with Crippen LogP contribution in [0.25, 0.3) is 0 Å². The molecular weight excluding hydrogens is 228 g/mol. The van der Waals surface area contributed by atoms with Crippen LogP contribution in [-0.2, 0) is 14.4 Å². The van der Waals surface area contributed by atoms with Gasteiger partial charge in [-0.2, -0.15) is 0 Å². The first-order valence-corrected chi connectivity index (χ1v) is 5.08. The number of carbonyl (C=O) groups is 3. The lowest BCUT2D eigenvalue weighted by molar-refractivity contribution is -0.148. The summed E-state index contributed by atoms with van der Waals surface area (Å²) in [6.07, 6.45) is -2.00. The van der Waals surface area contributed by atoms with Crippen LogP contribution in [0.3, 0.4) is 0 Å². The van der Waals surface area contributed by atoms with Crippen LogP contribution in [-0.4, -0.2) is 39.1 Å². The second-order valence-electron chi connectivity index (χ2n) is 3.87. The summed E-state index contributed by atoms with van der Waals surface area (Å²) in [5, 5.41) is 26.6. The van der Waals surface area contributed by atoms with Crippen molar-refractivity contribution in [1.29, 1.82) is 0 Å². The first kappa shape index (κ1) is 15.3. The Hall–Kier alpha value is -1.69. The number of aliphatic carboxylic acids is 2. The fraction of sp³-hybridized carbons (Fsp3) is 0.545. The van der Waals surface area contributed by atoms with Crippen molar-refractivity contribution in [1.82, 2.24) is 0 Å². The van der Waals surface area contributed by atoms with E-state index in [1.165, 1.54) is 6.92 Å². The Balaban J connectivity index is 4.31. The third kappa shape index (κ3) is 5.82. The molecule has 0 radical (unpaired) electrons. The summed E-state index contributed by atoms with van der Waals surface area (Å²) in [4.78, 5) is 32.3. The maximum atomic E-state index is 11.2. The summed E-state index contributed by atoms with van der Waals surface area (Å²) in [7, 11) is 0. The average molecular weight is 244 g/mol. The van der Waals surface area contributed by atoms with Crippen molar-refractivity contribution in [2.45, 2.75) is 32.3 Å². The normalized spacial score (nSPS) is 13.8. The molecule has 6 nitrogen and oxygen atoms in total. The molecule has 0 heterocycles. The van der Waals surface area contributed by atoms with Gasteiger partial charge in [-0.3, -0.25) is 14.4 Å². The Kier molecular flexibility index (Phi) is 6.12. The molecule has 0 saturated carbocycles. The Bertz CT molecular complexity index is 333. The Morgan fingerprint density at radius 3 is 2.06 bits per heavy atom. The zero-order chi connectivity index (χ0) is 13.6. The third-order valence-corrected chi connectivity index (χ3v) is 2.28. The summed E-state index contributed by atoms with van der Waals surface area (Å²) < 4.78 is 0. The number of hydrogen-bond acceptors (Lipinski definition) is 4. The molecule has 0 saturated heterocycles. The van der Waals surface area contributed by atoms with E-state index >= 15 is 0 Å². The summed E-state index contributed by atoms with van der Waals surface area (Å²) >= 11 is 0. The van der Waals surface area contributed by atoms with Crippen molar-refractivity contribution in [3.8, 4) is 0 Å². The lowest BCUT2D eigenvalue weighted by Gasteiger charge is -2.13. The standard InChI is InChI=1S/C11H16O6/c1-6(2)10(15)8(12)4-3-7(11(16)17)5-9(13)14/h7-8,12H,1,3-5H2,2H3,(H,13,14)(H,16,17). The van der Waals surface area contributed by atoms with Crippen LogP contribution in [0.1, 0.15) is 26.2 Å². The maximum Gasteiger partial charge on any atom is 0.307 e. The van der Waals surface area contributed by atoms with E-state index in [1.54, 1.807) is 0 Å². The first-order valence-electron chi connectivity index (χ1n) is 5.08. The number of carbonyl (C=O) groups excluding carboxylic acids is 1. The Morgan fingerprint density at radius 2 is 1.71 bits per heavy atom. The van der Waals surface area contributed by atoms with E-state index in [4.69, 9.17) is 10.2 Å². The van der Waals surface area contributed by atoms with E-state index in [1.807, 2.05) is 0 Å². The second kappa shape index (κ2) is 6.80. The fourth-order valence-electron chi connectivity index (χ4n) is 1.30. The fourth-order valence-corrected chi connectivity index (χ4v) is 1.30. The minimum Gasteiger partial charge on any atom is -0.481 e. The number of aliphatic hydroxyl groups is 1. The summed E-state index contributed by atoms with van der Waals surface area (Å²) in [6, 6.07) is 0. The van der Waals surface area contributed by atoms with E-state index in [2.05, 4.69) is 6.58 Å². The molecule has 17 heavy (non-hydrogen) atoms. The molecule has 0 spiro atoms. The van der Waals surface area contributed by atoms with Crippen molar-refractivity contribution in [2.24, 2.45) is 5.92 Å². The summed E-state index contributed by atoms with van der Waals surface area (Å²) in [5.74, 6) is -4.12. The Labute approximate surface area is 98.6 Å². The van der Waals surface area contributed by atoms with Crippen LogP contribution in [0, 0.1) is 5.92 Å². The Morgan fingerprint density at radius 1 is 1.18 bits per heavy atom. The van der Waals surface area contributed by atoms with Gasteiger partial charge in [0.15, 0.2) is 5.78 Å². The van der Waals surface area contributed by atoms with Gasteiger partial charge in [0.25, 0.3) is 0 Å². The number of rotatable bonds is 8. The third-order valence-electron chi connectivity index (χ3n) is 2.28. The van der Waals surface area contributed by atoms with Crippen molar-refractivity contribution in [3.05, 3.63) is 12.2 Å². The average Bonchev–Trinajstić information content (AvgIpc) is 2.21. The van der Waals surface area contributed by atoms with E-state index < -0.39 is 36.2 Å². The molecule has 0 aliphatic carbocycles.